The van der Waals surface area contributed by atoms with Gasteiger partial charge in [0.1, 0.15) is 0 Å². The van der Waals surface area contributed by atoms with Crippen molar-refractivity contribution < 1.29 is 0 Å². The number of anilines is 1. The van der Waals surface area contributed by atoms with Gasteiger partial charge in [-0.05, 0) is 55.1 Å². The molecule has 1 aliphatic rings. The van der Waals surface area contributed by atoms with E-state index in [9.17, 15) is 0 Å². The van der Waals surface area contributed by atoms with Crippen LogP contribution in [0.3, 0.4) is 0 Å². The second-order valence-corrected chi connectivity index (χ2v) is 5.71. The molecule has 0 amide bonds. The van der Waals surface area contributed by atoms with E-state index in [4.69, 9.17) is 5.73 Å². The lowest BCUT2D eigenvalue weighted by Gasteiger charge is -2.32. The van der Waals surface area contributed by atoms with Gasteiger partial charge in [-0.3, -0.25) is 4.90 Å². The normalized spacial score (nSPS) is 16.4. The highest BCUT2D eigenvalue weighted by Crippen LogP contribution is 2.28. The molecule has 1 aliphatic heterocycles. The van der Waals surface area contributed by atoms with Gasteiger partial charge in [-0.2, -0.15) is 0 Å². The van der Waals surface area contributed by atoms with Crippen LogP contribution in [-0.4, -0.2) is 18.0 Å². The van der Waals surface area contributed by atoms with Crippen LogP contribution in [0, 0.1) is 0 Å². The predicted octanol–water partition coefficient (Wildman–Crippen LogP) is 4.07. The summed E-state index contributed by atoms with van der Waals surface area (Å²) in [6.45, 7) is 3.37. The second kappa shape index (κ2) is 7.48. The number of nitrogen functional groups attached to an aromatic ring is 1. The third kappa shape index (κ3) is 4.23. The molecule has 0 radical (unpaired) electrons. The smallest absolute Gasteiger partial charge is 0.0317 e. The molecule has 0 bridgehead atoms. The Labute approximate surface area is 133 Å². The van der Waals surface area contributed by atoms with Crippen molar-refractivity contribution in [1.29, 1.82) is 0 Å². The summed E-state index contributed by atoms with van der Waals surface area (Å²) in [6.07, 6.45) is 2.51. The molecule has 0 saturated carbocycles. The molecule has 1 fully saturated rings. The first-order valence-corrected chi connectivity index (χ1v) is 7.43. The monoisotopic (exact) mass is 302 g/mol. The van der Waals surface area contributed by atoms with E-state index in [0.717, 1.165) is 18.2 Å². The van der Waals surface area contributed by atoms with E-state index in [1.54, 1.807) is 0 Å². The molecular formula is C18H23ClN2. The highest BCUT2D eigenvalue weighted by Gasteiger charge is 2.20. The Hall–Kier alpha value is -1.51. The number of nitrogens with zero attached hydrogens (tertiary/aromatic N) is 1. The molecule has 21 heavy (non-hydrogen) atoms. The zero-order valence-electron chi connectivity index (χ0n) is 12.2. The molecule has 0 unspecified atom stereocenters. The Morgan fingerprint density at radius 1 is 0.952 bits per heavy atom. The van der Waals surface area contributed by atoms with Crippen molar-refractivity contribution in [2.24, 2.45) is 0 Å². The van der Waals surface area contributed by atoms with E-state index in [2.05, 4.69) is 47.4 Å². The van der Waals surface area contributed by atoms with Crippen LogP contribution in [0.5, 0.6) is 0 Å². The maximum atomic E-state index is 5.84. The zero-order chi connectivity index (χ0) is 13.8. The molecule has 0 aromatic heterocycles. The maximum Gasteiger partial charge on any atom is 0.0317 e. The average molecular weight is 303 g/mol. The summed E-state index contributed by atoms with van der Waals surface area (Å²) in [6, 6.07) is 19.2. The van der Waals surface area contributed by atoms with Crippen LogP contribution in [0.4, 0.5) is 5.69 Å². The Morgan fingerprint density at radius 2 is 1.67 bits per heavy atom. The van der Waals surface area contributed by atoms with Gasteiger partial charge in [-0.1, -0.05) is 42.5 Å². The van der Waals surface area contributed by atoms with Crippen LogP contribution in [-0.2, 0) is 6.54 Å². The van der Waals surface area contributed by atoms with E-state index < -0.39 is 0 Å². The third-order valence-electron chi connectivity index (χ3n) is 4.22. The Balaban J connectivity index is 0.00000161. The van der Waals surface area contributed by atoms with Gasteiger partial charge in [0.25, 0.3) is 0 Å². The first-order valence-electron chi connectivity index (χ1n) is 7.43. The van der Waals surface area contributed by atoms with Crippen molar-refractivity contribution in [1.82, 2.24) is 4.90 Å². The van der Waals surface area contributed by atoms with Crippen LogP contribution in [0.15, 0.2) is 54.6 Å². The largest absolute Gasteiger partial charge is 0.399 e. The van der Waals surface area contributed by atoms with Crippen molar-refractivity contribution in [3.8, 4) is 0 Å². The van der Waals surface area contributed by atoms with Crippen molar-refractivity contribution in [3.05, 3.63) is 65.7 Å². The highest BCUT2D eigenvalue weighted by molar-refractivity contribution is 5.85. The third-order valence-corrected chi connectivity index (χ3v) is 4.22. The van der Waals surface area contributed by atoms with Gasteiger partial charge in [-0.25, -0.2) is 0 Å². The summed E-state index contributed by atoms with van der Waals surface area (Å²) in [7, 11) is 0. The fraction of sp³-hybridized carbons (Fsp3) is 0.333. The van der Waals surface area contributed by atoms with E-state index >= 15 is 0 Å². The summed E-state index contributed by atoms with van der Waals surface area (Å²) in [5.74, 6) is 0.730. The summed E-state index contributed by atoms with van der Waals surface area (Å²) in [5, 5.41) is 0. The molecule has 3 rings (SSSR count). The minimum Gasteiger partial charge on any atom is -0.399 e. The van der Waals surface area contributed by atoms with Crippen LogP contribution >= 0.6 is 12.4 Å². The van der Waals surface area contributed by atoms with Gasteiger partial charge in [0.05, 0.1) is 0 Å². The maximum absolute atomic E-state index is 5.84. The molecule has 2 aromatic rings. The van der Waals surface area contributed by atoms with E-state index in [0.29, 0.717) is 0 Å². The zero-order valence-corrected chi connectivity index (χ0v) is 13.1. The molecule has 1 heterocycles. The van der Waals surface area contributed by atoms with Crippen LogP contribution in [0.1, 0.15) is 29.9 Å². The first kappa shape index (κ1) is 15.9. The average Bonchev–Trinajstić information content (AvgIpc) is 2.49. The summed E-state index contributed by atoms with van der Waals surface area (Å²) >= 11 is 0. The summed E-state index contributed by atoms with van der Waals surface area (Å²) in [5.41, 5.74) is 9.52. The second-order valence-electron chi connectivity index (χ2n) is 5.71. The number of hydrogen-bond acceptors (Lipinski definition) is 2. The minimum absolute atomic E-state index is 0. The number of halogens is 1. The number of piperidine rings is 1. The molecule has 0 atom stereocenters. The lowest BCUT2D eigenvalue weighted by atomic mass is 9.89. The van der Waals surface area contributed by atoms with Crippen molar-refractivity contribution in [2.75, 3.05) is 18.8 Å². The molecule has 2 aromatic carbocycles. The van der Waals surface area contributed by atoms with Gasteiger partial charge in [0.2, 0.25) is 0 Å². The fourth-order valence-electron chi connectivity index (χ4n) is 3.10. The highest BCUT2D eigenvalue weighted by atomic mass is 35.5. The molecule has 2 nitrogen and oxygen atoms in total. The number of benzene rings is 2. The Bertz CT molecular complexity index is 548. The molecule has 1 saturated heterocycles. The van der Waals surface area contributed by atoms with Gasteiger partial charge < -0.3 is 5.73 Å². The van der Waals surface area contributed by atoms with E-state index in [-0.39, 0.29) is 12.4 Å². The molecule has 112 valence electrons. The van der Waals surface area contributed by atoms with Gasteiger partial charge in [0, 0.05) is 12.2 Å². The fourth-order valence-corrected chi connectivity index (χ4v) is 3.10. The van der Waals surface area contributed by atoms with Crippen molar-refractivity contribution >= 4 is 18.1 Å². The molecule has 0 aliphatic carbocycles. The molecule has 0 spiro atoms. The van der Waals surface area contributed by atoms with Gasteiger partial charge in [-0.15, -0.1) is 12.4 Å². The first-order chi connectivity index (χ1) is 9.81. The molecule has 3 heteroatoms. The van der Waals surface area contributed by atoms with Crippen LogP contribution < -0.4 is 5.73 Å². The number of likely N-dealkylation sites (tertiary alicyclic amines) is 1. The molecule has 2 N–H and O–H groups in total. The minimum atomic E-state index is 0. The van der Waals surface area contributed by atoms with Crippen LogP contribution in [0.25, 0.3) is 0 Å². The van der Waals surface area contributed by atoms with Crippen molar-refractivity contribution in [3.63, 3.8) is 0 Å². The van der Waals surface area contributed by atoms with Gasteiger partial charge in [0.15, 0.2) is 0 Å². The number of rotatable bonds is 3. The summed E-state index contributed by atoms with van der Waals surface area (Å²) in [4.78, 5) is 2.54. The quantitative estimate of drug-likeness (QED) is 0.866. The van der Waals surface area contributed by atoms with Gasteiger partial charge >= 0.3 is 0 Å². The topological polar surface area (TPSA) is 29.3 Å². The standard InChI is InChI=1S/C18H22N2.ClH/c19-18-8-4-5-15(13-18)14-20-11-9-17(10-12-20)16-6-2-1-3-7-16;/h1-8,13,17H,9-12,14,19H2;1H. The van der Waals surface area contributed by atoms with Crippen LogP contribution in [0.2, 0.25) is 0 Å². The predicted molar refractivity (Wildman–Crippen MR) is 91.8 cm³/mol. The van der Waals surface area contributed by atoms with E-state index in [1.165, 1.54) is 37.1 Å². The Kier molecular flexibility index (Phi) is 5.66. The lowest BCUT2D eigenvalue weighted by Crippen LogP contribution is -2.32. The molecular weight excluding hydrogens is 280 g/mol. The van der Waals surface area contributed by atoms with Crippen molar-refractivity contribution in [2.45, 2.75) is 25.3 Å². The number of nitrogens with two attached hydrogens (primary N) is 1. The number of hydrogen-bond donors (Lipinski definition) is 1. The van der Waals surface area contributed by atoms with E-state index in [1.807, 2.05) is 12.1 Å². The Morgan fingerprint density at radius 3 is 2.33 bits per heavy atom. The SMILES string of the molecule is Cl.Nc1cccc(CN2CCC(c3ccccc3)CC2)c1. The lowest BCUT2D eigenvalue weighted by molar-refractivity contribution is 0.204. The summed E-state index contributed by atoms with van der Waals surface area (Å²) < 4.78 is 0.